The number of nitro groups is 1. The van der Waals surface area contributed by atoms with E-state index < -0.39 is 26.6 Å². The molecule has 0 bridgehead atoms. The van der Waals surface area contributed by atoms with Crippen LogP contribution in [0.5, 0.6) is 11.5 Å². The Morgan fingerprint density at radius 2 is 1.68 bits per heavy atom. The second kappa shape index (κ2) is 9.52. The lowest BCUT2D eigenvalue weighted by atomic mass is 10.1. The van der Waals surface area contributed by atoms with Gasteiger partial charge in [-0.2, -0.15) is 0 Å². The molecule has 0 fully saturated rings. The minimum Gasteiger partial charge on any atom is -0.454 e. The average molecular weight is 538 g/mol. The fourth-order valence-corrected chi connectivity index (χ4v) is 4.76. The van der Waals surface area contributed by atoms with Gasteiger partial charge in [-0.1, -0.05) is 0 Å². The number of sulfonamides is 1. The van der Waals surface area contributed by atoms with Crippen molar-refractivity contribution in [1.29, 1.82) is 0 Å². The third kappa shape index (κ3) is 4.86. The Labute approximate surface area is 214 Å². The van der Waals surface area contributed by atoms with E-state index in [1.807, 2.05) is 0 Å². The summed E-state index contributed by atoms with van der Waals surface area (Å²) >= 11 is 0. The zero-order chi connectivity index (χ0) is 27.0. The number of benzene rings is 3. The molecule has 0 saturated heterocycles. The number of nitro benzene ring substituents is 1. The van der Waals surface area contributed by atoms with Crippen molar-refractivity contribution in [3.8, 4) is 22.6 Å². The second-order valence-corrected chi connectivity index (χ2v) is 9.82. The summed E-state index contributed by atoms with van der Waals surface area (Å²) in [7, 11) is -4.11. The van der Waals surface area contributed by atoms with Gasteiger partial charge in [-0.3, -0.25) is 19.2 Å². The normalized spacial score (nSPS) is 11.4. The first-order valence-corrected chi connectivity index (χ1v) is 12.4. The van der Waals surface area contributed by atoms with Crippen LogP contribution in [0.25, 0.3) is 16.8 Å². The second-order valence-electron chi connectivity index (χ2n) is 8.14. The lowest BCUT2D eigenvalue weighted by Crippen LogP contribution is -2.13. The standard InChI is InChI=1S/C25H17F2N5O5S/c1-15-28-29-25-11-2-16(14-31(15)25)21-13-18(4-10-23(21)37-24-9-3-17(26)12-22(24)27)30-38(35,36)20-7-5-19(6-8-20)32(33)34/h2-14,30H,1H3. The van der Waals surface area contributed by atoms with Crippen LogP contribution >= 0.6 is 0 Å². The predicted molar refractivity (Wildman–Crippen MR) is 133 cm³/mol. The molecule has 38 heavy (non-hydrogen) atoms. The van der Waals surface area contributed by atoms with Crippen molar-refractivity contribution in [2.45, 2.75) is 11.8 Å². The highest BCUT2D eigenvalue weighted by Crippen LogP contribution is 2.37. The summed E-state index contributed by atoms with van der Waals surface area (Å²) < 4.78 is 63.5. The van der Waals surface area contributed by atoms with Crippen LogP contribution in [0.1, 0.15) is 5.82 Å². The number of hydrogen-bond acceptors (Lipinski definition) is 7. The highest BCUT2D eigenvalue weighted by molar-refractivity contribution is 7.92. The van der Waals surface area contributed by atoms with E-state index in [1.165, 1.54) is 18.2 Å². The highest BCUT2D eigenvalue weighted by Gasteiger charge is 2.19. The molecule has 2 heterocycles. The van der Waals surface area contributed by atoms with E-state index in [2.05, 4.69) is 14.9 Å². The highest BCUT2D eigenvalue weighted by atomic mass is 32.2. The summed E-state index contributed by atoms with van der Waals surface area (Å²) in [6.07, 6.45) is 1.71. The van der Waals surface area contributed by atoms with Crippen LogP contribution in [-0.4, -0.2) is 27.9 Å². The van der Waals surface area contributed by atoms with Gasteiger partial charge in [0.1, 0.15) is 17.4 Å². The molecule has 0 radical (unpaired) electrons. The molecule has 0 atom stereocenters. The number of fused-ring (bicyclic) bond motifs is 1. The van der Waals surface area contributed by atoms with Gasteiger partial charge in [0.25, 0.3) is 15.7 Å². The molecule has 13 heteroatoms. The van der Waals surface area contributed by atoms with Crippen LogP contribution in [0.15, 0.2) is 83.9 Å². The minimum atomic E-state index is -4.11. The van der Waals surface area contributed by atoms with Crippen LogP contribution in [0, 0.1) is 28.7 Å². The fraction of sp³-hybridized carbons (Fsp3) is 0.0400. The Kier molecular flexibility index (Phi) is 6.20. The summed E-state index contributed by atoms with van der Waals surface area (Å²) in [6.45, 7) is 1.75. The van der Waals surface area contributed by atoms with Crippen molar-refractivity contribution < 1.29 is 26.9 Å². The quantitative estimate of drug-likeness (QED) is 0.215. The number of nitrogens with one attached hydrogen (secondary N) is 1. The minimum absolute atomic E-state index is 0.144. The molecule has 0 aliphatic rings. The number of anilines is 1. The molecule has 0 spiro atoms. The lowest BCUT2D eigenvalue weighted by Gasteiger charge is -2.15. The molecular formula is C25H17F2N5O5S. The molecule has 0 amide bonds. The zero-order valence-electron chi connectivity index (χ0n) is 19.5. The van der Waals surface area contributed by atoms with Gasteiger partial charge in [0.05, 0.1) is 9.82 Å². The molecule has 192 valence electrons. The van der Waals surface area contributed by atoms with Gasteiger partial charge in [0.2, 0.25) is 0 Å². The SMILES string of the molecule is Cc1nnc2ccc(-c3cc(NS(=O)(=O)c4ccc([N+](=O)[O-])cc4)ccc3Oc3ccc(F)cc3F)cn12. The number of ether oxygens (including phenoxy) is 1. The van der Waals surface area contributed by atoms with Gasteiger partial charge >= 0.3 is 0 Å². The molecule has 3 aromatic carbocycles. The summed E-state index contributed by atoms with van der Waals surface area (Å²) in [5.74, 6) is -1.14. The molecule has 0 aliphatic carbocycles. The van der Waals surface area contributed by atoms with E-state index in [9.17, 15) is 27.3 Å². The predicted octanol–water partition coefficient (Wildman–Crippen LogP) is 5.48. The van der Waals surface area contributed by atoms with Crippen molar-refractivity contribution >= 4 is 27.0 Å². The number of halogens is 2. The largest absolute Gasteiger partial charge is 0.454 e. The van der Waals surface area contributed by atoms with Crippen LogP contribution in [0.2, 0.25) is 0 Å². The number of aromatic nitrogens is 3. The maximum atomic E-state index is 14.3. The summed E-state index contributed by atoms with van der Waals surface area (Å²) in [6, 6.07) is 15.1. The zero-order valence-corrected chi connectivity index (χ0v) is 20.3. The average Bonchev–Trinajstić information content (AvgIpc) is 3.26. The third-order valence-corrected chi connectivity index (χ3v) is 6.98. The van der Waals surface area contributed by atoms with Gasteiger partial charge in [0.15, 0.2) is 17.2 Å². The van der Waals surface area contributed by atoms with Crippen LogP contribution in [0.3, 0.4) is 0 Å². The number of pyridine rings is 1. The lowest BCUT2D eigenvalue weighted by molar-refractivity contribution is -0.384. The van der Waals surface area contributed by atoms with E-state index in [-0.39, 0.29) is 27.8 Å². The Hall–Kier alpha value is -4.91. The molecule has 0 aliphatic heterocycles. The van der Waals surface area contributed by atoms with E-state index in [0.717, 1.165) is 36.4 Å². The van der Waals surface area contributed by atoms with Gasteiger partial charge in [0, 0.05) is 41.2 Å². The van der Waals surface area contributed by atoms with Gasteiger partial charge in [-0.05, 0) is 61.5 Å². The van der Waals surface area contributed by atoms with Crippen molar-refractivity contribution in [3.63, 3.8) is 0 Å². The number of non-ortho nitro benzene ring substituents is 1. The molecular weight excluding hydrogens is 520 g/mol. The number of nitrogens with zero attached hydrogens (tertiary/aromatic N) is 4. The first-order valence-electron chi connectivity index (χ1n) is 11.0. The Morgan fingerprint density at radius 1 is 0.947 bits per heavy atom. The molecule has 0 unspecified atom stereocenters. The summed E-state index contributed by atoms with van der Waals surface area (Å²) in [4.78, 5) is 10.1. The molecule has 2 aromatic heterocycles. The van der Waals surface area contributed by atoms with Crippen LogP contribution < -0.4 is 9.46 Å². The molecule has 5 rings (SSSR count). The van der Waals surface area contributed by atoms with Gasteiger partial charge in [-0.15, -0.1) is 10.2 Å². The molecule has 0 saturated carbocycles. The maximum Gasteiger partial charge on any atom is 0.269 e. The van der Waals surface area contributed by atoms with Crippen molar-refractivity contribution in [1.82, 2.24) is 14.6 Å². The van der Waals surface area contributed by atoms with Gasteiger partial charge < -0.3 is 4.74 Å². The summed E-state index contributed by atoms with van der Waals surface area (Å²) in [5, 5.41) is 19.0. The maximum absolute atomic E-state index is 14.3. The van der Waals surface area contributed by atoms with Crippen molar-refractivity contribution in [2.75, 3.05) is 4.72 Å². The number of rotatable bonds is 7. The van der Waals surface area contributed by atoms with E-state index >= 15 is 0 Å². The Bertz CT molecular complexity index is 1810. The first kappa shape index (κ1) is 24.8. The third-order valence-electron chi connectivity index (χ3n) is 5.59. The molecule has 5 aromatic rings. The van der Waals surface area contributed by atoms with Crippen molar-refractivity contribution in [2.24, 2.45) is 0 Å². The van der Waals surface area contributed by atoms with Crippen LogP contribution in [-0.2, 0) is 10.0 Å². The number of aryl methyl sites for hydroxylation is 1. The smallest absolute Gasteiger partial charge is 0.269 e. The fourth-order valence-electron chi connectivity index (χ4n) is 3.71. The van der Waals surface area contributed by atoms with E-state index in [0.29, 0.717) is 28.7 Å². The number of hydrogen-bond donors (Lipinski definition) is 1. The molecule has 10 nitrogen and oxygen atoms in total. The van der Waals surface area contributed by atoms with E-state index in [4.69, 9.17) is 4.74 Å². The Balaban J connectivity index is 1.56. The van der Waals surface area contributed by atoms with Crippen LogP contribution in [0.4, 0.5) is 20.2 Å². The van der Waals surface area contributed by atoms with Gasteiger partial charge in [-0.25, -0.2) is 17.2 Å². The Morgan fingerprint density at radius 3 is 2.39 bits per heavy atom. The monoisotopic (exact) mass is 537 g/mol. The first-order chi connectivity index (χ1) is 18.1. The molecule has 1 N–H and O–H groups in total. The summed E-state index contributed by atoms with van der Waals surface area (Å²) in [5.41, 5.74) is 1.42. The topological polar surface area (TPSA) is 129 Å². The van der Waals surface area contributed by atoms with E-state index in [1.54, 1.807) is 29.7 Å². The van der Waals surface area contributed by atoms with Crippen molar-refractivity contribution in [3.05, 3.63) is 107 Å².